The molecule has 9 heteroatoms. The van der Waals surface area contributed by atoms with E-state index in [1.54, 1.807) is 60.7 Å². The zero-order valence-electron chi connectivity index (χ0n) is 23.0. The van der Waals surface area contributed by atoms with Crippen LogP contribution in [0.4, 0.5) is 11.4 Å². The van der Waals surface area contributed by atoms with Gasteiger partial charge in [0.05, 0.1) is 23.0 Å². The number of nitrogens with zero attached hydrogens (tertiary/aromatic N) is 1. The van der Waals surface area contributed by atoms with Gasteiger partial charge in [0, 0.05) is 11.3 Å². The standard InChI is InChI=1S/C34H26N4O5/c1-22-10-9-14-25(20-22)36-31(39)27-16-7-8-17-29(27)37-32(40)33(41)38-35-21-28-26-15-6-5-11-23(26)18-19-30(28)43-34(42)24-12-3-2-4-13-24/h2-21H,1H3,(H,36,39)(H,37,40)(H,38,41)/b35-21-. The van der Waals surface area contributed by atoms with Crippen LogP contribution in [0.1, 0.15) is 31.8 Å². The lowest BCUT2D eigenvalue weighted by Gasteiger charge is -2.12. The minimum atomic E-state index is -1.06. The van der Waals surface area contributed by atoms with E-state index in [2.05, 4.69) is 21.2 Å². The topological polar surface area (TPSA) is 126 Å². The number of amides is 3. The molecule has 3 N–H and O–H groups in total. The van der Waals surface area contributed by atoms with E-state index in [-0.39, 0.29) is 17.0 Å². The molecule has 5 aromatic rings. The highest BCUT2D eigenvalue weighted by atomic mass is 16.5. The third kappa shape index (κ3) is 6.98. The number of esters is 1. The molecular formula is C34H26N4O5. The molecule has 0 aliphatic heterocycles. The van der Waals surface area contributed by atoms with Crippen LogP contribution in [-0.4, -0.2) is 29.9 Å². The van der Waals surface area contributed by atoms with E-state index < -0.39 is 23.7 Å². The molecule has 0 aromatic heterocycles. The van der Waals surface area contributed by atoms with Gasteiger partial charge in [-0.1, -0.05) is 72.8 Å². The lowest BCUT2D eigenvalue weighted by molar-refractivity contribution is -0.136. The maximum Gasteiger partial charge on any atom is 0.343 e. The summed E-state index contributed by atoms with van der Waals surface area (Å²) in [4.78, 5) is 51.0. The number of anilines is 2. The summed E-state index contributed by atoms with van der Waals surface area (Å²) in [6.45, 7) is 1.91. The van der Waals surface area contributed by atoms with Gasteiger partial charge in [-0.15, -0.1) is 0 Å². The van der Waals surface area contributed by atoms with E-state index in [0.717, 1.165) is 16.3 Å². The number of carbonyl (C=O) groups is 4. The maximum absolute atomic E-state index is 12.9. The minimum absolute atomic E-state index is 0.154. The van der Waals surface area contributed by atoms with Gasteiger partial charge in [0.2, 0.25) is 0 Å². The summed E-state index contributed by atoms with van der Waals surface area (Å²) < 4.78 is 5.65. The zero-order valence-corrected chi connectivity index (χ0v) is 23.0. The van der Waals surface area contributed by atoms with Gasteiger partial charge in [0.15, 0.2) is 0 Å². The molecule has 5 aromatic carbocycles. The van der Waals surface area contributed by atoms with Crippen LogP contribution in [0.5, 0.6) is 5.75 Å². The van der Waals surface area contributed by atoms with Crippen molar-refractivity contribution >= 4 is 52.1 Å². The molecule has 0 spiro atoms. The number of fused-ring (bicyclic) bond motifs is 1. The molecule has 0 saturated carbocycles. The first-order chi connectivity index (χ1) is 20.9. The quantitative estimate of drug-likeness (QED) is 0.0760. The number of nitrogens with one attached hydrogen (secondary N) is 3. The summed E-state index contributed by atoms with van der Waals surface area (Å²) in [5, 5.41) is 10.8. The molecule has 0 heterocycles. The second-order valence-corrected chi connectivity index (χ2v) is 9.48. The van der Waals surface area contributed by atoms with Crippen molar-refractivity contribution < 1.29 is 23.9 Å². The molecule has 0 unspecified atom stereocenters. The number of hydrazone groups is 1. The summed E-state index contributed by atoms with van der Waals surface area (Å²) >= 11 is 0. The summed E-state index contributed by atoms with van der Waals surface area (Å²) in [5.74, 6) is -2.87. The Balaban J connectivity index is 1.30. The molecule has 0 bridgehead atoms. The lowest BCUT2D eigenvalue weighted by Crippen LogP contribution is -2.33. The molecule has 0 atom stereocenters. The van der Waals surface area contributed by atoms with Crippen molar-refractivity contribution in [2.45, 2.75) is 6.92 Å². The Labute approximate surface area is 247 Å². The van der Waals surface area contributed by atoms with E-state index in [9.17, 15) is 19.2 Å². The summed E-state index contributed by atoms with van der Waals surface area (Å²) in [7, 11) is 0. The average Bonchev–Trinajstić information content (AvgIpc) is 3.02. The molecule has 5 rings (SSSR count). The molecular weight excluding hydrogens is 544 g/mol. The van der Waals surface area contributed by atoms with E-state index in [1.165, 1.54) is 18.3 Å². The van der Waals surface area contributed by atoms with Crippen molar-refractivity contribution in [2.75, 3.05) is 10.6 Å². The number of hydrogen-bond acceptors (Lipinski definition) is 6. The highest BCUT2D eigenvalue weighted by Gasteiger charge is 2.18. The Bertz CT molecular complexity index is 1870. The third-order valence-electron chi connectivity index (χ3n) is 6.40. The second kappa shape index (κ2) is 13.0. The Morgan fingerprint density at radius 1 is 0.721 bits per heavy atom. The number of rotatable bonds is 7. The van der Waals surface area contributed by atoms with Crippen molar-refractivity contribution in [1.82, 2.24) is 5.43 Å². The number of hydrogen-bond donors (Lipinski definition) is 3. The maximum atomic E-state index is 12.9. The average molecular weight is 571 g/mol. The van der Waals surface area contributed by atoms with Crippen molar-refractivity contribution in [3.8, 4) is 5.75 Å². The van der Waals surface area contributed by atoms with E-state index in [0.29, 0.717) is 16.8 Å². The second-order valence-electron chi connectivity index (χ2n) is 9.48. The smallest absolute Gasteiger partial charge is 0.343 e. The lowest BCUT2D eigenvalue weighted by atomic mass is 10.0. The molecule has 212 valence electrons. The van der Waals surface area contributed by atoms with Crippen LogP contribution in [0, 0.1) is 6.92 Å². The van der Waals surface area contributed by atoms with Crippen molar-refractivity contribution in [3.05, 3.63) is 138 Å². The fourth-order valence-electron chi connectivity index (χ4n) is 4.33. The van der Waals surface area contributed by atoms with Crippen LogP contribution in [0.3, 0.4) is 0 Å². The Hall–Kier alpha value is -6.09. The van der Waals surface area contributed by atoms with Crippen molar-refractivity contribution in [1.29, 1.82) is 0 Å². The van der Waals surface area contributed by atoms with Crippen LogP contribution < -0.4 is 20.8 Å². The number of benzene rings is 5. The van der Waals surface area contributed by atoms with Gasteiger partial charge in [0.1, 0.15) is 5.75 Å². The Morgan fingerprint density at radius 3 is 2.28 bits per heavy atom. The number of aryl methyl sites for hydroxylation is 1. The number of ether oxygens (including phenoxy) is 1. The van der Waals surface area contributed by atoms with Crippen LogP contribution in [0.25, 0.3) is 10.8 Å². The van der Waals surface area contributed by atoms with Gasteiger partial charge < -0.3 is 15.4 Å². The monoisotopic (exact) mass is 570 g/mol. The molecule has 3 amide bonds. The molecule has 0 aliphatic carbocycles. The van der Waals surface area contributed by atoms with Gasteiger partial charge in [0.25, 0.3) is 5.91 Å². The fraction of sp³-hybridized carbons (Fsp3) is 0.0294. The van der Waals surface area contributed by atoms with E-state index >= 15 is 0 Å². The highest BCUT2D eigenvalue weighted by molar-refractivity contribution is 6.40. The molecule has 0 radical (unpaired) electrons. The largest absolute Gasteiger partial charge is 0.422 e. The predicted octanol–water partition coefficient (Wildman–Crippen LogP) is 5.71. The molecule has 43 heavy (non-hydrogen) atoms. The highest BCUT2D eigenvalue weighted by Crippen LogP contribution is 2.27. The third-order valence-corrected chi connectivity index (χ3v) is 6.40. The van der Waals surface area contributed by atoms with Crippen LogP contribution in [-0.2, 0) is 9.59 Å². The van der Waals surface area contributed by atoms with E-state index in [1.807, 2.05) is 49.4 Å². The molecule has 9 nitrogen and oxygen atoms in total. The first-order valence-corrected chi connectivity index (χ1v) is 13.3. The van der Waals surface area contributed by atoms with Gasteiger partial charge >= 0.3 is 17.8 Å². The molecule has 0 aliphatic rings. The summed E-state index contributed by atoms with van der Waals surface area (Å²) in [5.41, 5.74) is 4.90. The SMILES string of the molecule is Cc1cccc(NC(=O)c2ccccc2NC(=O)C(=O)N/N=C\c2c(OC(=O)c3ccccc3)ccc3ccccc23)c1. The first kappa shape index (κ1) is 28.4. The van der Waals surface area contributed by atoms with Crippen LogP contribution >= 0.6 is 0 Å². The molecule has 0 fully saturated rings. The zero-order chi connectivity index (χ0) is 30.2. The van der Waals surface area contributed by atoms with Crippen molar-refractivity contribution in [3.63, 3.8) is 0 Å². The van der Waals surface area contributed by atoms with Crippen LogP contribution in [0.2, 0.25) is 0 Å². The fourth-order valence-corrected chi connectivity index (χ4v) is 4.33. The summed E-state index contributed by atoms with van der Waals surface area (Å²) in [6.07, 6.45) is 1.31. The van der Waals surface area contributed by atoms with Gasteiger partial charge in [-0.05, 0) is 65.7 Å². The predicted molar refractivity (Wildman–Crippen MR) is 165 cm³/mol. The van der Waals surface area contributed by atoms with Crippen molar-refractivity contribution in [2.24, 2.45) is 5.10 Å². The van der Waals surface area contributed by atoms with Gasteiger partial charge in [-0.2, -0.15) is 5.10 Å². The van der Waals surface area contributed by atoms with Gasteiger partial charge in [-0.3, -0.25) is 14.4 Å². The Morgan fingerprint density at radius 2 is 1.47 bits per heavy atom. The Kier molecular flexibility index (Phi) is 8.63. The number of carbonyl (C=O) groups excluding carboxylic acids is 4. The first-order valence-electron chi connectivity index (χ1n) is 13.3. The minimum Gasteiger partial charge on any atom is -0.422 e. The number of para-hydroxylation sites is 1. The molecule has 0 saturated heterocycles. The van der Waals surface area contributed by atoms with Gasteiger partial charge in [-0.25, -0.2) is 10.2 Å². The van der Waals surface area contributed by atoms with E-state index in [4.69, 9.17) is 4.74 Å². The van der Waals surface area contributed by atoms with Crippen LogP contribution in [0.15, 0.2) is 120 Å². The summed E-state index contributed by atoms with van der Waals surface area (Å²) in [6, 6.07) is 33.0. The normalized spacial score (nSPS) is 10.7.